The number of hydroxylamine groups is 2. The van der Waals surface area contributed by atoms with Gasteiger partial charge in [-0.15, -0.1) is 11.3 Å². The lowest BCUT2D eigenvalue weighted by atomic mass is 10.1. The zero-order valence-electron chi connectivity index (χ0n) is 11.9. The highest BCUT2D eigenvalue weighted by Gasteiger charge is 2.12. The van der Waals surface area contributed by atoms with Gasteiger partial charge < -0.3 is 10.1 Å². The third-order valence-electron chi connectivity index (χ3n) is 2.87. The molecule has 21 heavy (non-hydrogen) atoms. The predicted octanol–water partition coefficient (Wildman–Crippen LogP) is 2.95. The number of hydrogen-bond donors (Lipinski definition) is 1. The average Bonchev–Trinajstić information content (AvgIpc) is 3.01. The average molecular weight is 323 g/mol. The van der Waals surface area contributed by atoms with E-state index in [4.69, 9.17) is 21.8 Å². The lowest BCUT2D eigenvalue weighted by Gasteiger charge is -2.22. The van der Waals surface area contributed by atoms with Crippen LogP contribution >= 0.6 is 23.6 Å². The van der Waals surface area contributed by atoms with Gasteiger partial charge in [0.1, 0.15) is 5.75 Å². The number of thiazole rings is 1. The third kappa shape index (κ3) is 4.38. The van der Waals surface area contributed by atoms with Crippen molar-refractivity contribution in [3.8, 4) is 5.75 Å². The number of para-hydroxylation sites is 1. The summed E-state index contributed by atoms with van der Waals surface area (Å²) in [5, 5.41) is 7.80. The van der Waals surface area contributed by atoms with Gasteiger partial charge in [0.15, 0.2) is 10.2 Å². The molecule has 0 fully saturated rings. The summed E-state index contributed by atoms with van der Waals surface area (Å²) in [4.78, 5) is 9.46. The first-order valence-corrected chi connectivity index (χ1v) is 7.67. The van der Waals surface area contributed by atoms with Crippen molar-refractivity contribution in [3.63, 3.8) is 0 Å². The quantitative estimate of drug-likeness (QED) is 0.651. The van der Waals surface area contributed by atoms with Crippen molar-refractivity contribution in [1.29, 1.82) is 0 Å². The van der Waals surface area contributed by atoms with Crippen molar-refractivity contribution in [2.24, 2.45) is 0 Å². The number of methoxy groups -OCH3 is 1. The standard InChI is InChI=1S/C14H17N3O2S2/c1-18-12-6-4-3-5-11(12)7-9-17(19-2)14(20)16-13-15-8-10-21-13/h3-6,8,10H,7,9H2,1-2H3,(H,15,16,20). The Balaban J connectivity index is 1.94. The van der Waals surface area contributed by atoms with E-state index in [9.17, 15) is 0 Å². The van der Waals surface area contributed by atoms with Crippen LogP contribution in [0.3, 0.4) is 0 Å². The van der Waals surface area contributed by atoms with Gasteiger partial charge in [0, 0.05) is 11.6 Å². The molecule has 0 aliphatic rings. The van der Waals surface area contributed by atoms with Crippen LogP contribution in [0.4, 0.5) is 5.13 Å². The molecular formula is C14H17N3O2S2. The monoisotopic (exact) mass is 323 g/mol. The van der Waals surface area contributed by atoms with E-state index < -0.39 is 0 Å². The molecule has 0 saturated carbocycles. The fourth-order valence-corrected chi connectivity index (χ4v) is 2.70. The summed E-state index contributed by atoms with van der Waals surface area (Å²) in [6.45, 7) is 0.619. The molecular weight excluding hydrogens is 306 g/mol. The Morgan fingerprint density at radius 2 is 2.19 bits per heavy atom. The molecule has 0 atom stereocenters. The zero-order chi connectivity index (χ0) is 15.1. The maximum atomic E-state index is 5.34. The maximum Gasteiger partial charge on any atom is 0.199 e. The van der Waals surface area contributed by atoms with Crippen LogP contribution < -0.4 is 10.1 Å². The fourth-order valence-electron chi connectivity index (χ4n) is 1.85. The van der Waals surface area contributed by atoms with Crippen LogP contribution in [0.15, 0.2) is 35.8 Å². The van der Waals surface area contributed by atoms with E-state index in [-0.39, 0.29) is 0 Å². The smallest absolute Gasteiger partial charge is 0.199 e. The first-order valence-electron chi connectivity index (χ1n) is 6.38. The lowest BCUT2D eigenvalue weighted by Crippen LogP contribution is -2.35. The third-order valence-corrected chi connectivity index (χ3v) is 3.86. The van der Waals surface area contributed by atoms with Gasteiger partial charge >= 0.3 is 0 Å². The molecule has 0 aliphatic heterocycles. The molecule has 0 radical (unpaired) electrons. The predicted molar refractivity (Wildman–Crippen MR) is 88.7 cm³/mol. The molecule has 7 heteroatoms. The SMILES string of the molecule is COc1ccccc1CCN(OC)C(=S)Nc1nccs1. The van der Waals surface area contributed by atoms with Crippen molar-refractivity contribution in [1.82, 2.24) is 10.0 Å². The largest absolute Gasteiger partial charge is 0.496 e. The van der Waals surface area contributed by atoms with Gasteiger partial charge in [-0.3, -0.25) is 4.84 Å². The Morgan fingerprint density at radius 3 is 2.86 bits per heavy atom. The first kappa shape index (κ1) is 15.7. The topological polar surface area (TPSA) is 46.6 Å². The van der Waals surface area contributed by atoms with Gasteiger partial charge in [-0.2, -0.15) is 0 Å². The second kappa shape index (κ2) is 7.92. The van der Waals surface area contributed by atoms with Crippen LogP contribution in [0.1, 0.15) is 5.56 Å². The fraction of sp³-hybridized carbons (Fsp3) is 0.286. The Kier molecular flexibility index (Phi) is 5.91. The molecule has 1 heterocycles. The van der Waals surface area contributed by atoms with E-state index in [0.717, 1.165) is 22.9 Å². The minimum atomic E-state index is 0.488. The van der Waals surface area contributed by atoms with Crippen LogP contribution in [0.25, 0.3) is 0 Å². The highest BCUT2D eigenvalue weighted by Crippen LogP contribution is 2.18. The molecule has 2 rings (SSSR count). The number of aromatic nitrogens is 1. The molecule has 112 valence electrons. The number of anilines is 1. The van der Waals surface area contributed by atoms with Gasteiger partial charge in [0.05, 0.1) is 20.8 Å². The van der Waals surface area contributed by atoms with Crippen molar-refractivity contribution in [2.75, 3.05) is 26.1 Å². The van der Waals surface area contributed by atoms with Crippen LogP contribution in [-0.2, 0) is 11.3 Å². The van der Waals surface area contributed by atoms with Crippen molar-refractivity contribution in [2.45, 2.75) is 6.42 Å². The molecule has 2 aromatic rings. The minimum absolute atomic E-state index is 0.488. The normalized spacial score (nSPS) is 10.2. The van der Waals surface area contributed by atoms with Crippen molar-refractivity contribution < 1.29 is 9.57 Å². The van der Waals surface area contributed by atoms with Crippen LogP contribution in [0.5, 0.6) is 5.75 Å². The molecule has 1 aromatic heterocycles. The summed E-state index contributed by atoms with van der Waals surface area (Å²) in [6, 6.07) is 7.91. The Bertz CT molecular complexity index is 575. The minimum Gasteiger partial charge on any atom is -0.496 e. The molecule has 0 unspecified atom stereocenters. The Morgan fingerprint density at radius 1 is 1.38 bits per heavy atom. The van der Waals surface area contributed by atoms with E-state index in [1.54, 1.807) is 25.5 Å². The van der Waals surface area contributed by atoms with E-state index in [1.165, 1.54) is 11.3 Å². The molecule has 1 N–H and O–H groups in total. The summed E-state index contributed by atoms with van der Waals surface area (Å²) in [7, 11) is 3.26. The molecule has 0 spiro atoms. The summed E-state index contributed by atoms with van der Waals surface area (Å²) >= 11 is 6.81. The van der Waals surface area contributed by atoms with Gasteiger partial charge in [-0.05, 0) is 30.3 Å². The Hall–Kier alpha value is -1.70. The van der Waals surface area contributed by atoms with Crippen LogP contribution in [-0.4, -0.2) is 35.9 Å². The van der Waals surface area contributed by atoms with Crippen LogP contribution in [0, 0.1) is 0 Å². The van der Waals surface area contributed by atoms with E-state index in [0.29, 0.717) is 11.7 Å². The molecule has 0 saturated heterocycles. The van der Waals surface area contributed by atoms with Gasteiger partial charge in [0.25, 0.3) is 0 Å². The highest BCUT2D eigenvalue weighted by molar-refractivity contribution is 7.80. The summed E-state index contributed by atoms with van der Waals surface area (Å²) in [5.41, 5.74) is 1.11. The first-order chi connectivity index (χ1) is 10.2. The summed E-state index contributed by atoms with van der Waals surface area (Å²) in [5.74, 6) is 0.868. The molecule has 0 amide bonds. The molecule has 5 nitrogen and oxygen atoms in total. The van der Waals surface area contributed by atoms with Gasteiger partial charge in [0.2, 0.25) is 0 Å². The number of thiocarbonyl (C=S) groups is 1. The van der Waals surface area contributed by atoms with Gasteiger partial charge in [-0.1, -0.05) is 18.2 Å². The van der Waals surface area contributed by atoms with Crippen molar-refractivity contribution in [3.05, 3.63) is 41.4 Å². The number of nitrogens with one attached hydrogen (secondary N) is 1. The number of rotatable bonds is 6. The summed E-state index contributed by atoms with van der Waals surface area (Å²) < 4.78 is 5.34. The molecule has 0 aliphatic carbocycles. The van der Waals surface area contributed by atoms with E-state index >= 15 is 0 Å². The van der Waals surface area contributed by atoms with E-state index in [2.05, 4.69) is 10.3 Å². The van der Waals surface area contributed by atoms with Crippen molar-refractivity contribution >= 4 is 33.8 Å². The number of benzene rings is 1. The molecule has 1 aromatic carbocycles. The number of nitrogens with zero attached hydrogens (tertiary/aromatic N) is 2. The van der Waals surface area contributed by atoms with Crippen LogP contribution in [0.2, 0.25) is 0 Å². The number of hydrogen-bond acceptors (Lipinski definition) is 5. The number of ether oxygens (including phenoxy) is 1. The second-order valence-corrected chi connectivity index (χ2v) is 5.40. The summed E-state index contributed by atoms with van der Waals surface area (Å²) in [6.07, 6.45) is 2.49. The molecule has 0 bridgehead atoms. The lowest BCUT2D eigenvalue weighted by molar-refractivity contribution is -0.0613. The Labute approximate surface area is 133 Å². The zero-order valence-corrected chi connectivity index (χ0v) is 13.5. The second-order valence-electron chi connectivity index (χ2n) is 4.11. The highest BCUT2D eigenvalue weighted by atomic mass is 32.1. The van der Waals surface area contributed by atoms with Gasteiger partial charge in [-0.25, -0.2) is 10.0 Å². The van der Waals surface area contributed by atoms with E-state index in [1.807, 2.05) is 29.6 Å². The maximum absolute atomic E-state index is 5.34.